The topological polar surface area (TPSA) is 31.4 Å². The molecule has 0 aliphatic heterocycles. The van der Waals surface area contributed by atoms with E-state index in [9.17, 15) is 0 Å². The van der Waals surface area contributed by atoms with E-state index in [-0.39, 0.29) is 0 Å². The Bertz CT molecular complexity index is 1080. The van der Waals surface area contributed by atoms with Crippen molar-refractivity contribution >= 4 is 33.2 Å². The van der Waals surface area contributed by atoms with Crippen LogP contribution in [-0.4, -0.2) is 12.1 Å². The quantitative estimate of drug-likeness (QED) is 0.357. The van der Waals surface area contributed by atoms with E-state index in [4.69, 9.17) is 26.1 Å². The molecule has 3 nitrogen and oxygen atoms in total. The molecule has 0 saturated carbocycles. The van der Waals surface area contributed by atoms with E-state index in [0.29, 0.717) is 6.61 Å². The molecule has 1 heterocycles. The highest BCUT2D eigenvalue weighted by Gasteiger charge is 2.09. The number of fused-ring (bicyclic) bond motifs is 1. The Morgan fingerprint density at radius 1 is 0.893 bits per heavy atom. The number of aryl methyl sites for hydroxylation is 2. The van der Waals surface area contributed by atoms with E-state index in [1.807, 2.05) is 42.5 Å². The third-order valence-corrected chi connectivity index (χ3v) is 5.82. The van der Waals surface area contributed by atoms with Crippen LogP contribution in [0.1, 0.15) is 16.1 Å². The molecule has 5 heteroatoms. The summed E-state index contributed by atoms with van der Waals surface area (Å²) >= 11 is 7.78. The lowest BCUT2D eigenvalue weighted by atomic mass is 10.1. The van der Waals surface area contributed by atoms with E-state index in [1.165, 1.54) is 10.3 Å². The lowest BCUT2D eigenvalue weighted by molar-refractivity contribution is 0.284. The number of benzene rings is 3. The number of hydrogen-bond donors (Lipinski definition) is 0. The normalized spacial score (nSPS) is 10.9. The van der Waals surface area contributed by atoms with Gasteiger partial charge in [-0.15, -0.1) is 11.3 Å². The third kappa shape index (κ3) is 4.46. The van der Waals surface area contributed by atoms with Crippen LogP contribution in [0.4, 0.5) is 0 Å². The van der Waals surface area contributed by atoms with Crippen molar-refractivity contribution in [2.75, 3.05) is 7.11 Å². The molecule has 1 aromatic heterocycles. The van der Waals surface area contributed by atoms with Gasteiger partial charge in [-0.25, -0.2) is 4.98 Å². The van der Waals surface area contributed by atoms with Crippen molar-refractivity contribution in [1.29, 1.82) is 0 Å². The summed E-state index contributed by atoms with van der Waals surface area (Å²) in [7, 11) is 1.66. The molecular formula is C23H20ClNO2S. The molecule has 4 aromatic rings. The first-order valence-electron chi connectivity index (χ1n) is 9.10. The molecule has 142 valence electrons. The molecule has 0 aliphatic rings. The lowest BCUT2D eigenvalue weighted by Crippen LogP contribution is -1.99. The Balaban J connectivity index is 1.46. The first-order valence-corrected chi connectivity index (χ1v) is 10.3. The summed E-state index contributed by atoms with van der Waals surface area (Å²) in [5.74, 6) is 1.51. The van der Waals surface area contributed by atoms with Gasteiger partial charge in [-0.2, -0.15) is 0 Å². The fourth-order valence-electron chi connectivity index (χ4n) is 3.03. The summed E-state index contributed by atoms with van der Waals surface area (Å²) in [6.45, 7) is 0.513. The van der Waals surface area contributed by atoms with E-state index in [0.717, 1.165) is 45.5 Å². The predicted octanol–water partition coefficient (Wildman–Crippen LogP) is 6.32. The van der Waals surface area contributed by atoms with Gasteiger partial charge in [-0.1, -0.05) is 48.0 Å². The van der Waals surface area contributed by atoms with E-state index in [2.05, 4.69) is 24.3 Å². The average molecular weight is 410 g/mol. The van der Waals surface area contributed by atoms with Crippen LogP contribution >= 0.6 is 22.9 Å². The van der Waals surface area contributed by atoms with Crippen LogP contribution in [0.2, 0.25) is 5.02 Å². The number of nitrogens with zero attached hydrogens (tertiary/aromatic N) is 1. The molecule has 0 aliphatic carbocycles. The summed E-state index contributed by atoms with van der Waals surface area (Å²) in [6, 6.07) is 22.1. The predicted molar refractivity (Wildman–Crippen MR) is 116 cm³/mol. The summed E-state index contributed by atoms with van der Waals surface area (Å²) in [5.41, 5.74) is 3.29. The molecule has 0 saturated heterocycles. The Labute approximate surface area is 173 Å². The Morgan fingerprint density at radius 3 is 2.57 bits per heavy atom. The number of rotatable bonds is 7. The van der Waals surface area contributed by atoms with E-state index >= 15 is 0 Å². The fraction of sp³-hybridized carbons (Fsp3) is 0.174. The van der Waals surface area contributed by atoms with E-state index in [1.54, 1.807) is 18.4 Å². The molecule has 0 atom stereocenters. The Kier molecular flexibility index (Phi) is 5.79. The highest BCUT2D eigenvalue weighted by molar-refractivity contribution is 7.18. The summed E-state index contributed by atoms with van der Waals surface area (Å²) in [5, 5.41) is 1.83. The maximum absolute atomic E-state index is 6.06. The van der Waals surface area contributed by atoms with Crippen molar-refractivity contribution in [3.63, 3.8) is 0 Å². The Hall–Kier alpha value is -2.56. The largest absolute Gasteiger partial charge is 0.493 e. The van der Waals surface area contributed by atoms with Gasteiger partial charge in [0.2, 0.25) is 0 Å². The SMILES string of the molecule is COc1ccc(CCc2nc3cc(Cl)ccc3s2)cc1OCc1ccccc1. The molecule has 28 heavy (non-hydrogen) atoms. The zero-order valence-electron chi connectivity index (χ0n) is 15.5. The van der Waals surface area contributed by atoms with Crippen LogP contribution in [0.25, 0.3) is 10.2 Å². The minimum atomic E-state index is 0.513. The van der Waals surface area contributed by atoms with Gasteiger partial charge in [0.25, 0.3) is 0 Å². The maximum atomic E-state index is 6.06. The van der Waals surface area contributed by atoms with Crippen molar-refractivity contribution in [2.45, 2.75) is 19.4 Å². The highest BCUT2D eigenvalue weighted by atomic mass is 35.5. The number of hydrogen-bond acceptors (Lipinski definition) is 4. The summed E-state index contributed by atoms with van der Waals surface area (Å²) in [6.07, 6.45) is 1.76. The second kappa shape index (κ2) is 8.63. The zero-order valence-corrected chi connectivity index (χ0v) is 17.1. The number of thiazole rings is 1. The lowest BCUT2D eigenvalue weighted by Gasteiger charge is -2.12. The number of ether oxygens (including phenoxy) is 2. The molecule has 0 bridgehead atoms. The second-order valence-corrected chi connectivity index (χ2v) is 8.03. The standard InChI is InChI=1S/C23H20ClNO2S/c1-26-20-10-7-16(13-21(20)27-15-17-5-3-2-4-6-17)8-12-23-25-19-14-18(24)9-11-22(19)28-23/h2-7,9-11,13-14H,8,12,15H2,1H3. The zero-order chi connectivity index (χ0) is 19.3. The van der Waals surface area contributed by atoms with Crippen molar-refractivity contribution in [2.24, 2.45) is 0 Å². The van der Waals surface area contributed by atoms with Gasteiger partial charge in [-0.05, 0) is 47.9 Å². The molecule has 0 unspecified atom stereocenters. The van der Waals surface area contributed by atoms with Gasteiger partial charge in [0, 0.05) is 11.4 Å². The van der Waals surface area contributed by atoms with Crippen LogP contribution in [0.15, 0.2) is 66.7 Å². The van der Waals surface area contributed by atoms with Gasteiger partial charge in [-0.3, -0.25) is 0 Å². The highest BCUT2D eigenvalue weighted by Crippen LogP contribution is 2.30. The van der Waals surface area contributed by atoms with Crippen LogP contribution < -0.4 is 9.47 Å². The molecule has 3 aromatic carbocycles. The van der Waals surface area contributed by atoms with Gasteiger partial charge >= 0.3 is 0 Å². The molecule has 0 amide bonds. The summed E-state index contributed by atoms with van der Waals surface area (Å²) < 4.78 is 12.6. The third-order valence-electron chi connectivity index (χ3n) is 4.49. The maximum Gasteiger partial charge on any atom is 0.161 e. The molecular weight excluding hydrogens is 390 g/mol. The first kappa shape index (κ1) is 18.8. The van der Waals surface area contributed by atoms with Crippen molar-refractivity contribution in [3.8, 4) is 11.5 Å². The fourth-order valence-corrected chi connectivity index (χ4v) is 4.14. The summed E-state index contributed by atoms with van der Waals surface area (Å²) in [4.78, 5) is 4.70. The van der Waals surface area contributed by atoms with Crippen LogP contribution in [-0.2, 0) is 19.4 Å². The van der Waals surface area contributed by atoms with Crippen molar-refractivity contribution in [1.82, 2.24) is 4.98 Å². The first-order chi connectivity index (χ1) is 13.7. The van der Waals surface area contributed by atoms with Gasteiger partial charge in [0.15, 0.2) is 11.5 Å². The minimum absolute atomic E-state index is 0.513. The monoisotopic (exact) mass is 409 g/mol. The molecule has 4 rings (SSSR count). The van der Waals surface area contributed by atoms with Gasteiger partial charge in [0.05, 0.1) is 22.3 Å². The van der Waals surface area contributed by atoms with Gasteiger partial charge < -0.3 is 9.47 Å². The Morgan fingerprint density at radius 2 is 1.75 bits per heavy atom. The van der Waals surface area contributed by atoms with Crippen molar-refractivity contribution < 1.29 is 9.47 Å². The number of aromatic nitrogens is 1. The van der Waals surface area contributed by atoms with E-state index < -0.39 is 0 Å². The van der Waals surface area contributed by atoms with Crippen LogP contribution in [0.5, 0.6) is 11.5 Å². The second-order valence-electron chi connectivity index (χ2n) is 6.48. The van der Waals surface area contributed by atoms with Crippen LogP contribution in [0, 0.1) is 0 Å². The molecule has 0 N–H and O–H groups in total. The molecule has 0 fully saturated rings. The smallest absolute Gasteiger partial charge is 0.161 e. The molecule has 0 spiro atoms. The van der Waals surface area contributed by atoms with Crippen molar-refractivity contribution in [3.05, 3.63) is 87.9 Å². The average Bonchev–Trinajstić information content (AvgIpc) is 3.13. The molecule has 0 radical (unpaired) electrons. The van der Waals surface area contributed by atoms with Gasteiger partial charge in [0.1, 0.15) is 6.61 Å². The minimum Gasteiger partial charge on any atom is -0.493 e. The number of halogens is 1. The number of methoxy groups -OCH3 is 1. The van der Waals surface area contributed by atoms with Crippen LogP contribution in [0.3, 0.4) is 0 Å².